The predicted octanol–water partition coefficient (Wildman–Crippen LogP) is 1.88. The van der Waals surface area contributed by atoms with Crippen LogP contribution in [0.3, 0.4) is 0 Å². The molecule has 0 rings (SSSR count). The number of rotatable bonds is 7. The van der Waals surface area contributed by atoms with Gasteiger partial charge in [-0.25, -0.2) is 4.79 Å². The van der Waals surface area contributed by atoms with E-state index in [2.05, 4.69) is 24.5 Å². The summed E-state index contributed by atoms with van der Waals surface area (Å²) in [5, 5.41) is 14.7. The van der Waals surface area contributed by atoms with Crippen molar-refractivity contribution in [3.63, 3.8) is 0 Å². The molecule has 0 aliphatic carbocycles. The van der Waals surface area contributed by atoms with Gasteiger partial charge in [0.15, 0.2) is 0 Å². The van der Waals surface area contributed by atoms with Crippen molar-refractivity contribution in [2.45, 2.75) is 59.0 Å². The van der Waals surface area contributed by atoms with Crippen molar-refractivity contribution in [1.29, 1.82) is 0 Å². The molecule has 0 saturated heterocycles. The van der Waals surface area contributed by atoms with E-state index in [1.807, 2.05) is 13.8 Å². The summed E-state index contributed by atoms with van der Waals surface area (Å²) in [7, 11) is 0. The zero-order valence-corrected chi connectivity index (χ0v) is 10.9. The fourth-order valence-corrected chi connectivity index (χ4v) is 1.60. The van der Waals surface area contributed by atoms with E-state index in [0.717, 1.165) is 12.8 Å². The number of nitrogens with one attached hydrogen (secondary N) is 2. The first-order valence-electron chi connectivity index (χ1n) is 6.22. The van der Waals surface area contributed by atoms with Gasteiger partial charge in [0.1, 0.15) is 0 Å². The standard InChI is InChI=1S/C12H26N2O2/c1-5-10(6-2)13-12(16)14-11(7-8-15)9(3)4/h9-11,15H,5-8H2,1-4H3,(H2,13,14,16). The number of urea groups is 1. The summed E-state index contributed by atoms with van der Waals surface area (Å²) in [6, 6.07) is 0.155. The summed E-state index contributed by atoms with van der Waals surface area (Å²) in [5.74, 6) is 0.333. The largest absolute Gasteiger partial charge is 0.396 e. The smallest absolute Gasteiger partial charge is 0.315 e. The van der Waals surface area contributed by atoms with Gasteiger partial charge < -0.3 is 15.7 Å². The Morgan fingerprint density at radius 1 is 1.19 bits per heavy atom. The Bertz CT molecular complexity index is 191. The van der Waals surface area contributed by atoms with Gasteiger partial charge in [0.2, 0.25) is 0 Å². The Hall–Kier alpha value is -0.770. The summed E-state index contributed by atoms with van der Waals surface area (Å²) in [6.45, 7) is 8.30. The predicted molar refractivity (Wildman–Crippen MR) is 66.4 cm³/mol. The zero-order valence-electron chi connectivity index (χ0n) is 10.9. The lowest BCUT2D eigenvalue weighted by atomic mass is 10.0. The molecule has 0 fully saturated rings. The summed E-state index contributed by atoms with van der Waals surface area (Å²) in [5.41, 5.74) is 0. The Morgan fingerprint density at radius 3 is 2.12 bits per heavy atom. The van der Waals surface area contributed by atoms with E-state index in [1.165, 1.54) is 0 Å². The van der Waals surface area contributed by atoms with Gasteiger partial charge in [-0.1, -0.05) is 27.7 Å². The van der Waals surface area contributed by atoms with Crippen molar-refractivity contribution in [3.05, 3.63) is 0 Å². The van der Waals surface area contributed by atoms with Crippen LogP contribution in [-0.2, 0) is 0 Å². The van der Waals surface area contributed by atoms with Crippen LogP contribution in [0, 0.1) is 5.92 Å². The highest BCUT2D eigenvalue weighted by molar-refractivity contribution is 5.74. The van der Waals surface area contributed by atoms with E-state index in [9.17, 15) is 4.79 Å². The lowest BCUT2D eigenvalue weighted by Crippen LogP contribution is -2.48. The zero-order chi connectivity index (χ0) is 12.6. The molecular weight excluding hydrogens is 204 g/mol. The van der Waals surface area contributed by atoms with E-state index >= 15 is 0 Å². The van der Waals surface area contributed by atoms with Crippen molar-refractivity contribution in [2.24, 2.45) is 5.92 Å². The van der Waals surface area contributed by atoms with Crippen LogP contribution in [0.25, 0.3) is 0 Å². The van der Waals surface area contributed by atoms with Crippen LogP contribution in [0.15, 0.2) is 0 Å². The molecule has 0 bridgehead atoms. The third-order valence-electron chi connectivity index (χ3n) is 2.88. The number of hydrogen-bond acceptors (Lipinski definition) is 2. The number of aliphatic hydroxyl groups excluding tert-OH is 1. The molecule has 1 atom stereocenters. The van der Waals surface area contributed by atoms with Crippen LogP contribution in [0.2, 0.25) is 0 Å². The molecule has 1 unspecified atom stereocenters. The Morgan fingerprint density at radius 2 is 1.75 bits per heavy atom. The lowest BCUT2D eigenvalue weighted by Gasteiger charge is -2.23. The average molecular weight is 230 g/mol. The topological polar surface area (TPSA) is 61.4 Å². The number of amides is 2. The van der Waals surface area contributed by atoms with Gasteiger partial charge in [-0.15, -0.1) is 0 Å². The molecule has 0 aromatic carbocycles. The van der Waals surface area contributed by atoms with E-state index in [-0.39, 0.29) is 24.7 Å². The average Bonchev–Trinajstić information content (AvgIpc) is 2.25. The second kappa shape index (κ2) is 8.39. The van der Waals surface area contributed by atoms with Crippen LogP contribution in [0.4, 0.5) is 4.79 Å². The van der Waals surface area contributed by atoms with Crippen LogP contribution in [0.5, 0.6) is 0 Å². The summed E-state index contributed by atoms with van der Waals surface area (Å²) < 4.78 is 0. The van der Waals surface area contributed by atoms with E-state index in [0.29, 0.717) is 12.3 Å². The SMILES string of the molecule is CCC(CC)NC(=O)NC(CCO)C(C)C. The van der Waals surface area contributed by atoms with Crippen molar-refractivity contribution in [3.8, 4) is 0 Å². The van der Waals surface area contributed by atoms with Gasteiger partial charge in [-0.05, 0) is 25.2 Å². The number of carbonyl (C=O) groups is 1. The highest BCUT2D eigenvalue weighted by Gasteiger charge is 2.16. The maximum atomic E-state index is 11.7. The molecule has 16 heavy (non-hydrogen) atoms. The number of carbonyl (C=O) groups excluding carboxylic acids is 1. The van der Waals surface area contributed by atoms with Gasteiger partial charge in [-0.3, -0.25) is 0 Å². The fourth-order valence-electron chi connectivity index (χ4n) is 1.60. The molecule has 0 radical (unpaired) electrons. The van der Waals surface area contributed by atoms with Crippen LogP contribution in [-0.4, -0.2) is 29.8 Å². The van der Waals surface area contributed by atoms with Crippen LogP contribution < -0.4 is 10.6 Å². The fraction of sp³-hybridized carbons (Fsp3) is 0.917. The molecular formula is C12H26N2O2. The minimum atomic E-state index is -0.124. The molecule has 0 aliphatic rings. The molecule has 2 amide bonds. The van der Waals surface area contributed by atoms with Gasteiger partial charge in [-0.2, -0.15) is 0 Å². The third-order valence-corrected chi connectivity index (χ3v) is 2.88. The Balaban J connectivity index is 4.08. The number of aliphatic hydroxyl groups is 1. The van der Waals surface area contributed by atoms with Crippen molar-refractivity contribution in [1.82, 2.24) is 10.6 Å². The van der Waals surface area contributed by atoms with Crippen molar-refractivity contribution < 1.29 is 9.90 Å². The first-order chi connectivity index (χ1) is 7.54. The molecule has 0 spiro atoms. The molecule has 3 N–H and O–H groups in total. The summed E-state index contributed by atoms with van der Waals surface area (Å²) >= 11 is 0. The second-order valence-corrected chi connectivity index (χ2v) is 4.49. The minimum absolute atomic E-state index is 0.0411. The molecule has 96 valence electrons. The number of hydrogen-bond donors (Lipinski definition) is 3. The first kappa shape index (κ1) is 15.2. The first-order valence-corrected chi connectivity index (χ1v) is 6.22. The molecule has 4 heteroatoms. The Labute approximate surface area is 98.8 Å². The molecule has 0 saturated carbocycles. The maximum absolute atomic E-state index is 11.7. The van der Waals surface area contributed by atoms with Gasteiger partial charge >= 0.3 is 6.03 Å². The molecule has 0 aliphatic heterocycles. The molecule has 0 aromatic heterocycles. The van der Waals surface area contributed by atoms with Crippen LogP contribution in [0.1, 0.15) is 47.0 Å². The lowest BCUT2D eigenvalue weighted by molar-refractivity contribution is 0.215. The minimum Gasteiger partial charge on any atom is -0.396 e. The highest BCUT2D eigenvalue weighted by Crippen LogP contribution is 2.05. The summed E-state index contributed by atoms with van der Waals surface area (Å²) in [6.07, 6.45) is 2.49. The van der Waals surface area contributed by atoms with Crippen LogP contribution >= 0.6 is 0 Å². The van der Waals surface area contributed by atoms with E-state index < -0.39 is 0 Å². The Kier molecular flexibility index (Phi) is 7.99. The molecule has 4 nitrogen and oxygen atoms in total. The summed E-state index contributed by atoms with van der Waals surface area (Å²) in [4.78, 5) is 11.7. The molecule has 0 aromatic rings. The highest BCUT2D eigenvalue weighted by atomic mass is 16.3. The molecule has 0 heterocycles. The van der Waals surface area contributed by atoms with E-state index in [1.54, 1.807) is 0 Å². The van der Waals surface area contributed by atoms with Gasteiger partial charge in [0.05, 0.1) is 0 Å². The van der Waals surface area contributed by atoms with Crippen molar-refractivity contribution in [2.75, 3.05) is 6.61 Å². The second-order valence-electron chi connectivity index (χ2n) is 4.49. The monoisotopic (exact) mass is 230 g/mol. The van der Waals surface area contributed by atoms with Crippen molar-refractivity contribution >= 4 is 6.03 Å². The normalized spacial score (nSPS) is 12.9. The quantitative estimate of drug-likeness (QED) is 0.625. The van der Waals surface area contributed by atoms with Gasteiger partial charge in [0, 0.05) is 18.7 Å². The third kappa shape index (κ3) is 5.95. The van der Waals surface area contributed by atoms with Gasteiger partial charge in [0.25, 0.3) is 0 Å². The van der Waals surface area contributed by atoms with E-state index in [4.69, 9.17) is 5.11 Å². The maximum Gasteiger partial charge on any atom is 0.315 e.